The van der Waals surface area contributed by atoms with Gasteiger partial charge >= 0.3 is 0 Å². The van der Waals surface area contributed by atoms with Crippen molar-refractivity contribution in [3.8, 4) is 28.5 Å². The van der Waals surface area contributed by atoms with E-state index in [-0.39, 0.29) is 5.69 Å². The van der Waals surface area contributed by atoms with Crippen LogP contribution in [-0.4, -0.2) is 19.7 Å². The number of hydrogen-bond acceptors (Lipinski definition) is 4. The predicted octanol–water partition coefficient (Wildman–Crippen LogP) is 4.51. The highest BCUT2D eigenvalue weighted by Crippen LogP contribution is 2.26. The minimum Gasteiger partial charge on any atom is -0.258 e. The highest BCUT2D eigenvalue weighted by atomic mass is 16.6. The number of nitro benzene ring substituents is 1. The summed E-state index contributed by atoms with van der Waals surface area (Å²) in [6, 6.07) is 25.7. The van der Waals surface area contributed by atoms with Gasteiger partial charge in [-0.05, 0) is 12.1 Å². The van der Waals surface area contributed by atoms with Crippen molar-refractivity contribution in [2.24, 2.45) is 0 Å². The Bertz CT molecular complexity index is 1040. The quantitative estimate of drug-likeness (QED) is 0.404. The summed E-state index contributed by atoms with van der Waals surface area (Å²) in [6.45, 7) is 0. The minimum absolute atomic E-state index is 0.0402. The van der Waals surface area contributed by atoms with Gasteiger partial charge in [-0.25, -0.2) is 9.67 Å². The van der Waals surface area contributed by atoms with Gasteiger partial charge in [-0.3, -0.25) is 10.1 Å². The zero-order chi connectivity index (χ0) is 17.9. The molecule has 0 fully saturated rings. The Hall–Kier alpha value is -3.80. The van der Waals surface area contributed by atoms with Crippen LogP contribution in [-0.2, 0) is 0 Å². The van der Waals surface area contributed by atoms with E-state index in [1.807, 2.05) is 60.7 Å². The van der Waals surface area contributed by atoms with Crippen LogP contribution in [0.4, 0.5) is 5.69 Å². The van der Waals surface area contributed by atoms with E-state index >= 15 is 0 Å². The summed E-state index contributed by atoms with van der Waals surface area (Å²) in [5, 5.41) is 15.5. The molecule has 0 aliphatic heterocycles. The maximum absolute atomic E-state index is 10.9. The van der Waals surface area contributed by atoms with E-state index in [9.17, 15) is 10.1 Å². The first-order valence-electron chi connectivity index (χ1n) is 8.05. The molecule has 3 aromatic carbocycles. The molecule has 0 N–H and O–H groups in total. The topological polar surface area (TPSA) is 73.8 Å². The van der Waals surface area contributed by atoms with Crippen molar-refractivity contribution in [2.45, 2.75) is 0 Å². The minimum atomic E-state index is -0.418. The Balaban J connectivity index is 1.87. The molecule has 4 rings (SSSR count). The molecule has 0 aliphatic carbocycles. The lowest BCUT2D eigenvalue weighted by Crippen LogP contribution is -2.00. The van der Waals surface area contributed by atoms with Crippen molar-refractivity contribution in [1.82, 2.24) is 14.8 Å². The summed E-state index contributed by atoms with van der Waals surface area (Å²) in [5.41, 5.74) is 2.58. The van der Waals surface area contributed by atoms with Gasteiger partial charge in [0.05, 0.1) is 10.6 Å². The zero-order valence-corrected chi connectivity index (χ0v) is 13.7. The second-order valence-corrected chi connectivity index (χ2v) is 5.68. The van der Waals surface area contributed by atoms with E-state index in [1.54, 1.807) is 16.8 Å². The number of hydrogen-bond donors (Lipinski definition) is 0. The Morgan fingerprint density at radius 2 is 1.35 bits per heavy atom. The van der Waals surface area contributed by atoms with Gasteiger partial charge in [-0.1, -0.05) is 60.7 Å². The monoisotopic (exact) mass is 342 g/mol. The summed E-state index contributed by atoms with van der Waals surface area (Å²) < 4.78 is 1.71. The fourth-order valence-electron chi connectivity index (χ4n) is 2.69. The lowest BCUT2D eigenvalue weighted by Gasteiger charge is -2.05. The van der Waals surface area contributed by atoms with Crippen LogP contribution in [0.1, 0.15) is 0 Å². The van der Waals surface area contributed by atoms with Gasteiger partial charge in [0.15, 0.2) is 11.6 Å². The Morgan fingerprint density at radius 1 is 0.769 bits per heavy atom. The molecule has 26 heavy (non-hydrogen) atoms. The molecule has 0 spiro atoms. The number of aromatic nitrogens is 3. The third-order valence-electron chi connectivity index (χ3n) is 3.98. The summed E-state index contributed by atoms with van der Waals surface area (Å²) in [6.07, 6.45) is 0. The van der Waals surface area contributed by atoms with Crippen LogP contribution in [0.5, 0.6) is 0 Å². The summed E-state index contributed by atoms with van der Waals surface area (Å²) >= 11 is 0. The SMILES string of the molecule is O=[N+]([O-])c1ccc(-n2nc(-c3ccccc3)nc2-c2ccccc2)cc1. The molecule has 126 valence electrons. The van der Waals surface area contributed by atoms with Crippen molar-refractivity contribution >= 4 is 5.69 Å². The van der Waals surface area contributed by atoms with Crippen LogP contribution < -0.4 is 0 Å². The molecule has 0 aliphatic rings. The van der Waals surface area contributed by atoms with E-state index in [2.05, 4.69) is 5.10 Å². The summed E-state index contributed by atoms with van der Waals surface area (Å²) in [7, 11) is 0. The molecule has 1 aromatic heterocycles. The number of rotatable bonds is 4. The highest BCUT2D eigenvalue weighted by molar-refractivity contribution is 5.63. The average Bonchev–Trinajstić information content (AvgIpc) is 3.15. The van der Waals surface area contributed by atoms with Crippen molar-refractivity contribution in [2.75, 3.05) is 0 Å². The molecule has 4 aromatic rings. The molecule has 0 bridgehead atoms. The third-order valence-corrected chi connectivity index (χ3v) is 3.98. The van der Waals surface area contributed by atoms with Crippen molar-refractivity contribution in [3.63, 3.8) is 0 Å². The fourth-order valence-corrected chi connectivity index (χ4v) is 2.69. The van der Waals surface area contributed by atoms with Gasteiger partial charge in [0, 0.05) is 23.3 Å². The highest BCUT2D eigenvalue weighted by Gasteiger charge is 2.15. The number of nitrogens with zero attached hydrogens (tertiary/aromatic N) is 4. The molecule has 0 saturated heterocycles. The number of benzene rings is 3. The molecule has 0 radical (unpaired) electrons. The van der Waals surface area contributed by atoms with Crippen molar-refractivity contribution < 1.29 is 4.92 Å². The average molecular weight is 342 g/mol. The van der Waals surface area contributed by atoms with E-state index in [0.29, 0.717) is 17.3 Å². The second kappa shape index (κ2) is 6.60. The van der Waals surface area contributed by atoms with Crippen LogP contribution in [0.2, 0.25) is 0 Å². The molecule has 0 amide bonds. The largest absolute Gasteiger partial charge is 0.269 e. The molecular weight excluding hydrogens is 328 g/mol. The molecule has 6 nitrogen and oxygen atoms in total. The standard InChI is InChI=1S/C20H14N4O2/c25-24(26)18-13-11-17(12-14-18)23-20(16-9-5-2-6-10-16)21-19(22-23)15-7-3-1-4-8-15/h1-14H. The normalized spacial score (nSPS) is 10.6. The van der Waals surface area contributed by atoms with Gasteiger partial charge < -0.3 is 0 Å². The van der Waals surface area contributed by atoms with E-state index in [0.717, 1.165) is 11.1 Å². The predicted molar refractivity (Wildman–Crippen MR) is 98.9 cm³/mol. The molecule has 6 heteroatoms. The van der Waals surface area contributed by atoms with Crippen LogP contribution in [0.25, 0.3) is 28.5 Å². The smallest absolute Gasteiger partial charge is 0.258 e. The maximum atomic E-state index is 10.9. The van der Waals surface area contributed by atoms with Crippen molar-refractivity contribution in [1.29, 1.82) is 0 Å². The van der Waals surface area contributed by atoms with Crippen LogP contribution in [0, 0.1) is 10.1 Å². The summed E-state index contributed by atoms with van der Waals surface area (Å²) in [5.74, 6) is 1.28. The maximum Gasteiger partial charge on any atom is 0.269 e. The Labute approximate surface area is 149 Å². The van der Waals surface area contributed by atoms with E-state index in [4.69, 9.17) is 4.98 Å². The van der Waals surface area contributed by atoms with E-state index < -0.39 is 4.92 Å². The van der Waals surface area contributed by atoms with Gasteiger partial charge in [0.1, 0.15) is 0 Å². The first-order chi connectivity index (χ1) is 12.7. The first kappa shape index (κ1) is 15.7. The second-order valence-electron chi connectivity index (χ2n) is 5.68. The van der Waals surface area contributed by atoms with Crippen LogP contribution in [0.15, 0.2) is 84.9 Å². The molecule has 0 unspecified atom stereocenters. The molecule has 1 heterocycles. The fraction of sp³-hybridized carbons (Fsp3) is 0. The van der Waals surface area contributed by atoms with Crippen LogP contribution in [0.3, 0.4) is 0 Å². The zero-order valence-electron chi connectivity index (χ0n) is 13.7. The Kier molecular flexibility index (Phi) is 3.99. The Morgan fingerprint density at radius 3 is 1.92 bits per heavy atom. The molecule has 0 atom stereocenters. The first-order valence-corrected chi connectivity index (χ1v) is 8.05. The van der Waals surface area contributed by atoms with Gasteiger partial charge in [0.2, 0.25) is 0 Å². The summed E-state index contributed by atoms with van der Waals surface area (Å²) in [4.78, 5) is 15.2. The lowest BCUT2D eigenvalue weighted by molar-refractivity contribution is -0.384. The third kappa shape index (κ3) is 2.95. The van der Waals surface area contributed by atoms with Crippen LogP contribution >= 0.6 is 0 Å². The van der Waals surface area contributed by atoms with E-state index in [1.165, 1.54) is 12.1 Å². The van der Waals surface area contributed by atoms with Gasteiger partial charge in [-0.15, -0.1) is 5.10 Å². The van der Waals surface area contributed by atoms with Gasteiger partial charge in [-0.2, -0.15) is 0 Å². The number of nitro groups is 1. The van der Waals surface area contributed by atoms with Gasteiger partial charge in [0.25, 0.3) is 5.69 Å². The molecular formula is C20H14N4O2. The lowest BCUT2D eigenvalue weighted by atomic mass is 10.2. The van der Waals surface area contributed by atoms with Crippen molar-refractivity contribution in [3.05, 3.63) is 95.0 Å². The number of non-ortho nitro benzene ring substituents is 1. The molecule has 0 saturated carbocycles.